The van der Waals surface area contributed by atoms with Crippen molar-refractivity contribution >= 4 is 31.7 Å². The first-order valence-corrected chi connectivity index (χ1v) is 14.6. The van der Waals surface area contributed by atoms with Gasteiger partial charge in [0.25, 0.3) is 0 Å². The van der Waals surface area contributed by atoms with Gasteiger partial charge in [-0.15, -0.1) is 0 Å². The van der Waals surface area contributed by atoms with Gasteiger partial charge in [-0.3, -0.25) is 0 Å². The molecule has 2 aromatic carbocycles. The molecule has 5 heteroatoms. The van der Waals surface area contributed by atoms with E-state index >= 15 is 0 Å². The molecule has 0 unspecified atom stereocenters. The van der Waals surface area contributed by atoms with E-state index in [0.29, 0.717) is 0 Å². The molecule has 1 fully saturated rings. The fourth-order valence-electron chi connectivity index (χ4n) is 3.92. The highest BCUT2D eigenvalue weighted by molar-refractivity contribution is 6.74. The summed E-state index contributed by atoms with van der Waals surface area (Å²) < 4.78 is 19.4. The molecule has 1 aliphatic heterocycles. The summed E-state index contributed by atoms with van der Waals surface area (Å²) in [5.74, 6) is 0. The molecule has 1 aliphatic rings. The average molecular weight is 441 g/mol. The Bertz CT molecular complexity index is 909. The maximum atomic E-state index is 6.61. The van der Waals surface area contributed by atoms with Crippen molar-refractivity contribution in [3.63, 3.8) is 0 Å². The first-order chi connectivity index (χ1) is 14.1. The Balaban J connectivity index is 1.86. The second kappa shape index (κ2) is 8.33. The van der Waals surface area contributed by atoms with Gasteiger partial charge in [0.2, 0.25) is 0 Å². The summed E-state index contributed by atoms with van der Waals surface area (Å²) in [6.07, 6.45) is 2.22. The van der Waals surface area contributed by atoms with Gasteiger partial charge in [0.1, 0.15) is 0 Å². The van der Waals surface area contributed by atoms with Crippen LogP contribution in [0, 0.1) is 0 Å². The largest absolute Gasteiger partial charge is 0.495 e. The Kier molecular flexibility index (Phi) is 6.58. The number of hydrogen-bond acceptors (Lipinski definition) is 3. The second-order valence-electron chi connectivity index (χ2n) is 11.7. The van der Waals surface area contributed by atoms with Crippen molar-refractivity contribution in [2.75, 3.05) is 0 Å². The van der Waals surface area contributed by atoms with Crippen LogP contribution in [0.3, 0.4) is 0 Å². The normalized spacial score (nSPS) is 19.7. The van der Waals surface area contributed by atoms with E-state index in [0.717, 1.165) is 18.3 Å². The van der Waals surface area contributed by atoms with Crippen molar-refractivity contribution in [2.45, 2.75) is 104 Å². The molecular weight excluding hydrogens is 399 g/mol. The number of aryl methyl sites for hydroxylation is 1. The van der Waals surface area contributed by atoms with E-state index < -0.39 is 8.32 Å². The lowest BCUT2D eigenvalue weighted by atomic mass is 9.74. The van der Waals surface area contributed by atoms with E-state index in [1.807, 2.05) is 0 Å². The molecule has 3 rings (SSSR count). The van der Waals surface area contributed by atoms with Gasteiger partial charge < -0.3 is 13.7 Å². The van der Waals surface area contributed by atoms with Crippen molar-refractivity contribution in [3.8, 4) is 0 Å². The van der Waals surface area contributed by atoms with Crippen LogP contribution in [0.25, 0.3) is 10.8 Å². The lowest BCUT2D eigenvalue weighted by Crippen LogP contribution is -2.43. The van der Waals surface area contributed by atoms with Gasteiger partial charge in [-0.25, -0.2) is 0 Å². The molecule has 0 radical (unpaired) electrons. The molecule has 1 saturated heterocycles. The molecule has 0 spiro atoms. The highest BCUT2D eigenvalue weighted by Gasteiger charge is 2.52. The molecule has 1 atom stereocenters. The van der Waals surface area contributed by atoms with Crippen LogP contribution < -0.4 is 5.46 Å². The van der Waals surface area contributed by atoms with Crippen molar-refractivity contribution in [3.05, 3.63) is 42.0 Å². The standard InChI is InChI=1S/C26H41BO3Si/c1-19(28-31(9,10)24(2,3)4)17-18-21-14-11-13-20-15-12-16-22(23(20)21)27-29-25(5,6)26(7,8)30-27/h11-16,19H,17-18H2,1-10H3/t19-/m1/s1. The zero-order valence-electron chi connectivity index (χ0n) is 21.3. The molecule has 0 amide bonds. The molecule has 1 heterocycles. The molecule has 0 saturated carbocycles. The Labute approximate surface area is 191 Å². The second-order valence-corrected chi connectivity index (χ2v) is 16.4. The topological polar surface area (TPSA) is 27.7 Å². The maximum absolute atomic E-state index is 6.61. The van der Waals surface area contributed by atoms with E-state index in [2.05, 4.69) is 105 Å². The quantitative estimate of drug-likeness (QED) is 0.481. The molecule has 0 N–H and O–H groups in total. The minimum Gasteiger partial charge on any atom is -0.414 e. The molecular formula is C26H41BO3Si. The van der Waals surface area contributed by atoms with Gasteiger partial charge in [0.05, 0.1) is 11.2 Å². The highest BCUT2D eigenvalue weighted by Crippen LogP contribution is 2.38. The van der Waals surface area contributed by atoms with Gasteiger partial charge in [-0.05, 0) is 87.4 Å². The predicted octanol–water partition coefficient (Wildman–Crippen LogP) is 6.48. The summed E-state index contributed by atoms with van der Waals surface area (Å²) in [5, 5.41) is 2.73. The minimum absolute atomic E-state index is 0.227. The summed E-state index contributed by atoms with van der Waals surface area (Å²) >= 11 is 0. The third-order valence-electron chi connectivity index (χ3n) is 7.65. The minimum atomic E-state index is -1.76. The highest BCUT2D eigenvalue weighted by atomic mass is 28.4. The number of rotatable bonds is 6. The fourth-order valence-corrected chi connectivity index (χ4v) is 5.40. The Morgan fingerprint density at radius 1 is 0.968 bits per heavy atom. The van der Waals surface area contributed by atoms with Crippen molar-refractivity contribution in [2.24, 2.45) is 0 Å². The molecule has 0 aromatic heterocycles. The van der Waals surface area contributed by atoms with Crippen LogP contribution >= 0.6 is 0 Å². The van der Waals surface area contributed by atoms with Crippen LogP contribution in [0.2, 0.25) is 18.1 Å². The Hall–Kier alpha value is -1.14. The smallest absolute Gasteiger partial charge is 0.414 e. The molecule has 2 aromatic rings. The zero-order valence-corrected chi connectivity index (χ0v) is 22.3. The van der Waals surface area contributed by atoms with Crippen molar-refractivity contribution in [1.29, 1.82) is 0 Å². The van der Waals surface area contributed by atoms with E-state index in [9.17, 15) is 0 Å². The third-order valence-corrected chi connectivity index (χ3v) is 12.3. The summed E-state index contributed by atoms with van der Waals surface area (Å²) in [4.78, 5) is 0. The number of hydrogen-bond donors (Lipinski definition) is 0. The summed E-state index contributed by atoms with van der Waals surface area (Å²) in [7, 11) is -2.12. The molecule has 0 bridgehead atoms. The molecule has 0 aliphatic carbocycles. The van der Waals surface area contributed by atoms with Crippen LogP contribution in [-0.2, 0) is 20.2 Å². The summed E-state index contributed by atoms with van der Waals surface area (Å²) in [6.45, 7) is 22.2. The van der Waals surface area contributed by atoms with E-state index in [1.165, 1.54) is 16.3 Å². The van der Waals surface area contributed by atoms with Crippen LogP contribution in [-0.4, -0.2) is 32.7 Å². The Morgan fingerprint density at radius 3 is 2.06 bits per heavy atom. The van der Waals surface area contributed by atoms with E-state index in [-0.39, 0.29) is 29.5 Å². The van der Waals surface area contributed by atoms with Crippen LogP contribution in [0.15, 0.2) is 36.4 Å². The van der Waals surface area contributed by atoms with Crippen LogP contribution in [0.5, 0.6) is 0 Å². The van der Waals surface area contributed by atoms with Crippen LogP contribution in [0.1, 0.15) is 67.4 Å². The van der Waals surface area contributed by atoms with E-state index in [4.69, 9.17) is 13.7 Å². The van der Waals surface area contributed by atoms with Gasteiger partial charge in [-0.2, -0.15) is 0 Å². The monoisotopic (exact) mass is 440 g/mol. The molecule has 170 valence electrons. The van der Waals surface area contributed by atoms with Crippen molar-refractivity contribution in [1.82, 2.24) is 0 Å². The number of fused-ring (bicyclic) bond motifs is 1. The lowest BCUT2D eigenvalue weighted by molar-refractivity contribution is 0.00578. The summed E-state index contributed by atoms with van der Waals surface area (Å²) in [6, 6.07) is 13.0. The summed E-state index contributed by atoms with van der Waals surface area (Å²) in [5.41, 5.74) is 1.78. The van der Waals surface area contributed by atoms with E-state index in [1.54, 1.807) is 0 Å². The molecule has 3 nitrogen and oxygen atoms in total. The van der Waals surface area contributed by atoms with Gasteiger partial charge >= 0.3 is 7.12 Å². The van der Waals surface area contributed by atoms with Gasteiger partial charge in [0.15, 0.2) is 8.32 Å². The Morgan fingerprint density at radius 2 is 1.52 bits per heavy atom. The lowest BCUT2D eigenvalue weighted by Gasteiger charge is -2.38. The first-order valence-electron chi connectivity index (χ1n) is 11.7. The predicted molar refractivity (Wildman–Crippen MR) is 136 cm³/mol. The SMILES string of the molecule is C[C@H](CCc1cccc2cccc(B3OC(C)(C)C(C)(C)O3)c12)O[Si](C)(C)C(C)(C)C. The molecule has 31 heavy (non-hydrogen) atoms. The first kappa shape index (κ1) is 24.5. The number of benzene rings is 2. The van der Waals surface area contributed by atoms with Crippen LogP contribution in [0.4, 0.5) is 0 Å². The third kappa shape index (κ3) is 4.95. The maximum Gasteiger partial charge on any atom is 0.495 e. The fraction of sp³-hybridized carbons (Fsp3) is 0.615. The zero-order chi connectivity index (χ0) is 23.2. The average Bonchev–Trinajstić information content (AvgIpc) is 2.85. The van der Waals surface area contributed by atoms with Crippen molar-refractivity contribution < 1.29 is 13.7 Å². The van der Waals surface area contributed by atoms with Gasteiger partial charge in [0, 0.05) is 6.10 Å². The van der Waals surface area contributed by atoms with Gasteiger partial charge in [-0.1, -0.05) is 57.2 Å².